The third kappa shape index (κ3) is 5.85. The predicted molar refractivity (Wildman–Crippen MR) is 69.3 cm³/mol. The SMILES string of the molecule is NCCCC(N)CNCCc1ccccc1. The fraction of sp³-hybridized carbons (Fsp3) is 0.538. The molecule has 0 heterocycles. The molecule has 0 aliphatic heterocycles. The van der Waals surface area contributed by atoms with Gasteiger partial charge in [0.2, 0.25) is 0 Å². The molecule has 90 valence electrons. The van der Waals surface area contributed by atoms with Crippen molar-refractivity contribution in [1.82, 2.24) is 5.32 Å². The zero-order valence-corrected chi connectivity index (χ0v) is 9.86. The molecule has 0 aromatic heterocycles. The van der Waals surface area contributed by atoms with Crippen molar-refractivity contribution in [2.24, 2.45) is 11.5 Å². The molecule has 0 saturated heterocycles. The minimum atomic E-state index is 0.235. The van der Waals surface area contributed by atoms with E-state index in [0.29, 0.717) is 0 Å². The largest absolute Gasteiger partial charge is 0.330 e. The highest BCUT2D eigenvalue weighted by molar-refractivity contribution is 5.14. The summed E-state index contributed by atoms with van der Waals surface area (Å²) in [6, 6.07) is 10.7. The maximum absolute atomic E-state index is 5.92. The van der Waals surface area contributed by atoms with Crippen LogP contribution in [-0.4, -0.2) is 25.7 Å². The molecular weight excluding hydrogens is 198 g/mol. The molecule has 1 unspecified atom stereocenters. The average Bonchev–Trinajstić information content (AvgIpc) is 2.33. The van der Waals surface area contributed by atoms with Gasteiger partial charge in [0, 0.05) is 12.6 Å². The molecule has 0 radical (unpaired) electrons. The van der Waals surface area contributed by atoms with Gasteiger partial charge >= 0.3 is 0 Å². The van der Waals surface area contributed by atoms with Crippen molar-refractivity contribution >= 4 is 0 Å². The van der Waals surface area contributed by atoms with Gasteiger partial charge < -0.3 is 16.8 Å². The summed E-state index contributed by atoms with van der Waals surface area (Å²) < 4.78 is 0. The standard InChI is InChI=1S/C13H23N3/c14-9-4-7-13(15)11-16-10-8-12-5-2-1-3-6-12/h1-3,5-6,13,16H,4,7-11,14-15H2. The lowest BCUT2D eigenvalue weighted by molar-refractivity contribution is 0.532. The topological polar surface area (TPSA) is 64.1 Å². The smallest absolute Gasteiger partial charge is 0.0165 e. The molecule has 0 saturated carbocycles. The summed E-state index contributed by atoms with van der Waals surface area (Å²) in [6.07, 6.45) is 3.08. The lowest BCUT2D eigenvalue weighted by Crippen LogP contribution is -2.35. The van der Waals surface area contributed by atoms with Crippen LogP contribution in [0.3, 0.4) is 0 Å². The van der Waals surface area contributed by atoms with E-state index in [1.165, 1.54) is 5.56 Å². The second-order valence-electron chi connectivity index (χ2n) is 4.13. The number of benzene rings is 1. The molecule has 1 aromatic rings. The fourth-order valence-corrected chi connectivity index (χ4v) is 1.65. The number of hydrogen-bond acceptors (Lipinski definition) is 3. The summed E-state index contributed by atoms with van der Waals surface area (Å²) in [5, 5.41) is 3.38. The minimum absolute atomic E-state index is 0.235. The van der Waals surface area contributed by atoms with Gasteiger partial charge in [0.1, 0.15) is 0 Å². The van der Waals surface area contributed by atoms with E-state index in [2.05, 4.69) is 29.6 Å². The minimum Gasteiger partial charge on any atom is -0.330 e. The Morgan fingerprint density at radius 3 is 2.62 bits per heavy atom. The predicted octanol–water partition coefficient (Wildman–Crippen LogP) is 0.885. The molecule has 5 N–H and O–H groups in total. The van der Waals surface area contributed by atoms with Crippen molar-refractivity contribution in [3.8, 4) is 0 Å². The Balaban J connectivity index is 2.03. The molecular formula is C13H23N3. The van der Waals surface area contributed by atoms with Crippen molar-refractivity contribution < 1.29 is 0 Å². The van der Waals surface area contributed by atoms with Gasteiger partial charge in [0.05, 0.1) is 0 Å². The summed E-state index contributed by atoms with van der Waals surface area (Å²) in [6.45, 7) is 2.60. The van der Waals surface area contributed by atoms with Gasteiger partial charge in [-0.05, 0) is 37.9 Å². The second-order valence-corrected chi connectivity index (χ2v) is 4.13. The van der Waals surface area contributed by atoms with E-state index in [-0.39, 0.29) is 6.04 Å². The molecule has 0 fully saturated rings. The fourth-order valence-electron chi connectivity index (χ4n) is 1.65. The first-order valence-electron chi connectivity index (χ1n) is 6.03. The Labute approximate surface area is 98.2 Å². The lowest BCUT2D eigenvalue weighted by Gasteiger charge is -2.11. The molecule has 0 aliphatic rings. The summed E-state index contributed by atoms with van der Waals surface area (Å²) in [7, 11) is 0. The summed E-state index contributed by atoms with van der Waals surface area (Å²) in [5.74, 6) is 0. The van der Waals surface area contributed by atoms with E-state index in [0.717, 1.165) is 38.9 Å². The van der Waals surface area contributed by atoms with E-state index in [1.54, 1.807) is 0 Å². The first-order valence-corrected chi connectivity index (χ1v) is 6.03. The van der Waals surface area contributed by atoms with Crippen LogP contribution < -0.4 is 16.8 Å². The normalized spacial score (nSPS) is 12.6. The highest BCUT2D eigenvalue weighted by atomic mass is 14.9. The second kappa shape index (κ2) is 8.28. The van der Waals surface area contributed by atoms with Gasteiger partial charge in [0.25, 0.3) is 0 Å². The van der Waals surface area contributed by atoms with Crippen LogP contribution in [0.25, 0.3) is 0 Å². The first kappa shape index (κ1) is 13.2. The Morgan fingerprint density at radius 1 is 1.19 bits per heavy atom. The highest BCUT2D eigenvalue weighted by Crippen LogP contribution is 1.98. The zero-order valence-electron chi connectivity index (χ0n) is 9.86. The maximum Gasteiger partial charge on any atom is 0.0165 e. The molecule has 0 aliphatic carbocycles. The van der Waals surface area contributed by atoms with Crippen molar-refractivity contribution in [3.63, 3.8) is 0 Å². The van der Waals surface area contributed by atoms with Gasteiger partial charge in [-0.1, -0.05) is 30.3 Å². The van der Waals surface area contributed by atoms with Gasteiger partial charge in [-0.3, -0.25) is 0 Å². The van der Waals surface area contributed by atoms with Crippen molar-refractivity contribution in [2.45, 2.75) is 25.3 Å². The van der Waals surface area contributed by atoms with E-state index in [1.807, 2.05) is 6.07 Å². The molecule has 0 spiro atoms. The van der Waals surface area contributed by atoms with E-state index in [9.17, 15) is 0 Å². The van der Waals surface area contributed by atoms with Crippen LogP contribution >= 0.6 is 0 Å². The summed E-state index contributed by atoms with van der Waals surface area (Å²) in [4.78, 5) is 0. The Bertz CT molecular complexity index is 261. The Kier molecular flexibility index (Phi) is 6.81. The molecule has 16 heavy (non-hydrogen) atoms. The monoisotopic (exact) mass is 221 g/mol. The highest BCUT2D eigenvalue weighted by Gasteiger charge is 2.00. The number of hydrogen-bond donors (Lipinski definition) is 3. The molecule has 1 rings (SSSR count). The molecule has 1 aromatic carbocycles. The van der Waals surface area contributed by atoms with Crippen molar-refractivity contribution in [1.29, 1.82) is 0 Å². The van der Waals surface area contributed by atoms with Crippen LogP contribution in [0.5, 0.6) is 0 Å². The quantitative estimate of drug-likeness (QED) is 0.571. The third-order valence-corrected chi connectivity index (χ3v) is 2.62. The van der Waals surface area contributed by atoms with Crippen LogP contribution in [0.15, 0.2) is 30.3 Å². The van der Waals surface area contributed by atoms with Crippen molar-refractivity contribution in [3.05, 3.63) is 35.9 Å². The summed E-state index contributed by atoms with van der Waals surface area (Å²) in [5.41, 5.74) is 12.7. The Morgan fingerprint density at radius 2 is 1.94 bits per heavy atom. The zero-order chi connectivity index (χ0) is 11.6. The number of nitrogens with one attached hydrogen (secondary N) is 1. The average molecular weight is 221 g/mol. The molecule has 1 atom stereocenters. The van der Waals surface area contributed by atoms with E-state index in [4.69, 9.17) is 11.5 Å². The van der Waals surface area contributed by atoms with Crippen LogP contribution in [0, 0.1) is 0 Å². The third-order valence-electron chi connectivity index (χ3n) is 2.62. The van der Waals surface area contributed by atoms with Crippen molar-refractivity contribution in [2.75, 3.05) is 19.6 Å². The van der Waals surface area contributed by atoms with Gasteiger partial charge in [-0.2, -0.15) is 0 Å². The molecule has 0 bridgehead atoms. The van der Waals surface area contributed by atoms with Crippen LogP contribution in [-0.2, 0) is 6.42 Å². The maximum atomic E-state index is 5.92. The van der Waals surface area contributed by atoms with E-state index < -0.39 is 0 Å². The van der Waals surface area contributed by atoms with Crippen LogP contribution in [0.1, 0.15) is 18.4 Å². The number of nitrogens with two attached hydrogens (primary N) is 2. The lowest BCUT2D eigenvalue weighted by atomic mass is 10.1. The van der Waals surface area contributed by atoms with Gasteiger partial charge in [-0.25, -0.2) is 0 Å². The molecule has 0 amide bonds. The van der Waals surface area contributed by atoms with Gasteiger partial charge in [0.15, 0.2) is 0 Å². The van der Waals surface area contributed by atoms with Crippen LogP contribution in [0.4, 0.5) is 0 Å². The van der Waals surface area contributed by atoms with Crippen LogP contribution in [0.2, 0.25) is 0 Å². The molecule has 3 nitrogen and oxygen atoms in total. The number of rotatable bonds is 8. The first-order chi connectivity index (χ1) is 7.83. The van der Waals surface area contributed by atoms with Gasteiger partial charge in [-0.15, -0.1) is 0 Å². The summed E-state index contributed by atoms with van der Waals surface area (Å²) >= 11 is 0. The molecule has 3 heteroatoms. The Hall–Kier alpha value is -0.900. The van der Waals surface area contributed by atoms with E-state index >= 15 is 0 Å².